The van der Waals surface area contributed by atoms with Gasteiger partial charge in [0.15, 0.2) is 11.5 Å². The van der Waals surface area contributed by atoms with Gasteiger partial charge in [-0.25, -0.2) is 4.98 Å². The van der Waals surface area contributed by atoms with Crippen molar-refractivity contribution in [1.29, 1.82) is 0 Å². The maximum Gasteiger partial charge on any atom is 0.205 e. The van der Waals surface area contributed by atoms with E-state index in [0.29, 0.717) is 17.4 Å². The summed E-state index contributed by atoms with van der Waals surface area (Å²) in [6, 6.07) is 11.1. The summed E-state index contributed by atoms with van der Waals surface area (Å²) in [6.45, 7) is 0. The lowest BCUT2D eigenvalue weighted by Gasteiger charge is -2.06. The van der Waals surface area contributed by atoms with Crippen LogP contribution in [0, 0.1) is 0 Å². The molecule has 3 rings (SSSR count). The third kappa shape index (κ3) is 2.55. The van der Waals surface area contributed by atoms with Crippen molar-refractivity contribution in [1.82, 2.24) is 9.97 Å². The zero-order valence-electron chi connectivity index (χ0n) is 11.8. The van der Waals surface area contributed by atoms with Crippen molar-refractivity contribution in [2.75, 3.05) is 25.3 Å². The topological polar surface area (TPSA) is 85.2 Å². The monoisotopic (exact) mass is 284 g/mol. The number of nitrogens with one attached hydrogen (secondary N) is 2. The van der Waals surface area contributed by atoms with E-state index in [1.165, 1.54) is 0 Å². The van der Waals surface area contributed by atoms with Crippen molar-refractivity contribution < 1.29 is 9.47 Å². The predicted molar refractivity (Wildman–Crippen MR) is 83.3 cm³/mol. The summed E-state index contributed by atoms with van der Waals surface area (Å²) in [5.41, 5.74) is 8.96. The molecule has 0 fully saturated rings. The maximum absolute atomic E-state index is 5.67. The average molecular weight is 284 g/mol. The molecule has 6 nitrogen and oxygen atoms in total. The summed E-state index contributed by atoms with van der Waals surface area (Å²) in [5, 5.41) is 3.19. The SMILES string of the molecule is COc1cc2nc(Nc3ccc(N)cc3)[nH]c2cc1OC. The molecule has 0 aliphatic rings. The molecule has 0 atom stereocenters. The number of rotatable bonds is 4. The predicted octanol–water partition coefficient (Wildman–Crippen LogP) is 2.91. The van der Waals surface area contributed by atoms with Gasteiger partial charge in [0.05, 0.1) is 25.3 Å². The first kappa shape index (κ1) is 13.1. The van der Waals surface area contributed by atoms with E-state index in [1.54, 1.807) is 14.2 Å². The van der Waals surface area contributed by atoms with Crippen LogP contribution in [0.1, 0.15) is 0 Å². The van der Waals surface area contributed by atoms with Crippen LogP contribution in [0.15, 0.2) is 36.4 Å². The van der Waals surface area contributed by atoms with E-state index in [4.69, 9.17) is 15.2 Å². The highest BCUT2D eigenvalue weighted by Gasteiger charge is 2.10. The number of methoxy groups -OCH3 is 2. The molecule has 0 saturated heterocycles. The fraction of sp³-hybridized carbons (Fsp3) is 0.133. The van der Waals surface area contributed by atoms with Crippen LogP contribution in [0.4, 0.5) is 17.3 Å². The number of anilines is 3. The van der Waals surface area contributed by atoms with E-state index < -0.39 is 0 Å². The summed E-state index contributed by atoms with van der Waals surface area (Å²) < 4.78 is 10.5. The number of H-pyrrole nitrogens is 1. The fourth-order valence-electron chi connectivity index (χ4n) is 2.10. The molecular weight excluding hydrogens is 268 g/mol. The van der Waals surface area contributed by atoms with Crippen LogP contribution in [0.2, 0.25) is 0 Å². The normalized spacial score (nSPS) is 10.6. The van der Waals surface area contributed by atoms with E-state index in [2.05, 4.69) is 15.3 Å². The zero-order valence-corrected chi connectivity index (χ0v) is 11.8. The summed E-state index contributed by atoms with van der Waals surface area (Å²) in [6.07, 6.45) is 0. The minimum Gasteiger partial charge on any atom is -0.493 e. The Morgan fingerprint density at radius 1 is 1.05 bits per heavy atom. The van der Waals surface area contributed by atoms with Crippen LogP contribution in [0.3, 0.4) is 0 Å². The molecule has 0 bridgehead atoms. The molecule has 0 aliphatic heterocycles. The Hall–Kier alpha value is -2.89. The number of hydrogen-bond acceptors (Lipinski definition) is 5. The van der Waals surface area contributed by atoms with Gasteiger partial charge in [0.2, 0.25) is 5.95 Å². The first-order chi connectivity index (χ1) is 10.2. The molecular formula is C15H16N4O2. The van der Waals surface area contributed by atoms with Crippen LogP contribution in [-0.2, 0) is 0 Å². The number of nitrogen functional groups attached to an aromatic ring is 1. The number of aromatic nitrogens is 2. The third-order valence-electron chi connectivity index (χ3n) is 3.16. The van der Waals surface area contributed by atoms with Crippen LogP contribution in [-0.4, -0.2) is 24.2 Å². The summed E-state index contributed by atoms with van der Waals surface area (Å²) >= 11 is 0. The molecule has 0 spiro atoms. The summed E-state index contributed by atoms with van der Waals surface area (Å²) in [5.74, 6) is 1.95. The molecule has 0 saturated carbocycles. The van der Waals surface area contributed by atoms with E-state index in [9.17, 15) is 0 Å². The number of nitrogens with zero attached hydrogens (tertiary/aromatic N) is 1. The lowest BCUT2D eigenvalue weighted by atomic mass is 10.3. The van der Waals surface area contributed by atoms with Crippen molar-refractivity contribution in [2.24, 2.45) is 0 Å². The molecule has 0 unspecified atom stereocenters. The molecule has 1 heterocycles. The molecule has 4 N–H and O–H groups in total. The largest absolute Gasteiger partial charge is 0.493 e. The Morgan fingerprint density at radius 3 is 2.38 bits per heavy atom. The molecule has 6 heteroatoms. The highest BCUT2D eigenvalue weighted by Crippen LogP contribution is 2.32. The van der Waals surface area contributed by atoms with Crippen molar-refractivity contribution in [3.05, 3.63) is 36.4 Å². The van der Waals surface area contributed by atoms with Crippen molar-refractivity contribution in [2.45, 2.75) is 0 Å². The van der Waals surface area contributed by atoms with Gasteiger partial charge in [-0.2, -0.15) is 0 Å². The Bertz CT molecular complexity index is 724. The molecule has 2 aromatic carbocycles. The fourth-order valence-corrected chi connectivity index (χ4v) is 2.10. The maximum atomic E-state index is 5.67. The Labute approximate surface area is 121 Å². The lowest BCUT2D eigenvalue weighted by molar-refractivity contribution is 0.356. The van der Waals surface area contributed by atoms with Gasteiger partial charge in [-0.1, -0.05) is 0 Å². The van der Waals surface area contributed by atoms with Gasteiger partial charge >= 0.3 is 0 Å². The van der Waals surface area contributed by atoms with Gasteiger partial charge in [0.25, 0.3) is 0 Å². The van der Waals surface area contributed by atoms with E-state index in [1.807, 2.05) is 36.4 Å². The van der Waals surface area contributed by atoms with E-state index >= 15 is 0 Å². The highest BCUT2D eigenvalue weighted by molar-refractivity contribution is 5.82. The number of benzene rings is 2. The third-order valence-corrected chi connectivity index (χ3v) is 3.16. The van der Waals surface area contributed by atoms with Gasteiger partial charge in [0.1, 0.15) is 0 Å². The average Bonchev–Trinajstić information content (AvgIpc) is 2.89. The standard InChI is InChI=1S/C15H16N4O2/c1-20-13-7-11-12(8-14(13)21-2)19-15(18-11)17-10-5-3-9(16)4-6-10/h3-8H,16H2,1-2H3,(H2,17,18,19). The van der Waals surface area contributed by atoms with E-state index in [-0.39, 0.29) is 0 Å². The summed E-state index contributed by atoms with van der Waals surface area (Å²) in [7, 11) is 3.21. The minimum absolute atomic E-state index is 0.644. The Balaban J connectivity index is 1.95. The zero-order chi connectivity index (χ0) is 14.8. The molecule has 0 aliphatic carbocycles. The molecule has 3 aromatic rings. The molecule has 0 amide bonds. The first-order valence-corrected chi connectivity index (χ1v) is 6.44. The minimum atomic E-state index is 0.644. The van der Waals surface area contributed by atoms with Crippen LogP contribution in [0.5, 0.6) is 11.5 Å². The van der Waals surface area contributed by atoms with E-state index in [0.717, 1.165) is 22.4 Å². The van der Waals surface area contributed by atoms with Crippen molar-refractivity contribution in [3.8, 4) is 11.5 Å². The van der Waals surface area contributed by atoms with Gasteiger partial charge < -0.3 is 25.5 Å². The van der Waals surface area contributed by atoms with Crippen LogP contribution in [0.25, 0.3) is 11.0 Å². The van der Waals surface area contributed by atoms with Crippen LogP contribution < -0.4 is 20.5 Å². The number of ether oxygens (including phenoxy) is 2. The number of aromatic amines is 1. The Morgan fingerprint density at radius 2 is 1.71 bits per heavy atom. The lowest BCUT2D eigenvalue weighted by Crippen LogP contribution is -1.92. The second-order valence-electron chi connectivity index (χ2n) is 4.56. The number of hydrogen-bond donors (Lipinski definition) is 3. The van der Waals surface area contributed by atoms with Crippen molar-refractivity contribution in [3.63, 3.8) is 0 Å². The smallest absolute Gasteiger partial charge is 0.205 e. The Kier molecular flexibility index (Phi) is 3.27. The van der Waals surface area contributed by atoms with Gasteiger partial charge in [0, 0.05) is 23.5 Å². The number of fused-ring (bicyclic) bond motifs is 1. The number of nitrogens with two attached hydrogens (primary N) is 1. The second-order valence-corrected chi connectivity index (χ2v) is 4.56. The van der Waals surface area contributed by atoms with Crippen molar-refractivity contribution >= 4 is 28.4 Å². The first-order valence-electron chi connectivity index (χ1n) is 6.44. The molecule has 108 valence electrons. The summed E-state index contributed by atoms with van der Waals surface area (Å²) in [4.78, 5) is 7.68. The molecule has 0 radical (unpaired) electrons. The van der Waals surface area contributed by atoms with Crippen LogP contribution >= 0.6 is 0 Å². The second kappa shape index (κ2) is 5.24. The van der Waals surface area contributed by atoms with Gasteiger partial charge in [-0.05, 0) is 24.3 Å². The highest BCUT2D eigenvalue weighted by atomic mass is 16.5. The quantitative estimate of drug-likeness (QED) is 0.641. The molecule has 1 aromatic heterocycles. The number of imidazole rings is 1. The van der Waals surface area contributed by atoms with Gasteiger partial charge in [-0.3, -0.25) is 0 Å². The van der Waals surface area contributed by atoms with Gasteiger partial charge in [-0.15, -0.1) is 0 Å². The molecule has 21 heavy (non-hydrogen) atoms.